The lowest BCUT2D eigenvalue weighted by Crippen LogP contribution is -2.21. The molecule has 3 N–H and O–H groups in total. The Labute approximate surface area is 135 Å². The molecule has 0 atom stereocenters. The van der Waals surface area contributed by atoms with E-state index >= 15 is 0 Å². The quantitative estimate of drug-likeness (QED) is 0.634. The molecule has 0 unspecified atom stereocenters. The number of halogens is 2. The van der Waals surface area contributed by atoms with Crippen molar-refractivity contribution in [2.24, 2.45) is 5.73 Å². The summed E-state index contributed by atoms with van der Waals surface area (Å²) in [5.41, 5.74) is 6.89. The summed E-state index contributed by atoms with van der Waals surface area (Å²) < 4.78 is 0.779. The molecule has 0 aliphatic rings. The van der Waals surface area contributed by atoms with E-state index in [9.17, 15) is 4.79 Å². The van der Waals surface area contributed by atoms with Crippen LogP contribution < -0.4 is 11.1 Å². The van der Waals surface area contributed by atoms with Crippen LogP contribution in [0.15, 0.2) is 46.9 Å². The van der Waals surface area contributed by atoms with Crippen LogP contribution in [0.5, 0.6) is 0 Å². The molecule has 0 saturated carbocycles. The number of nitrogens with one attached hydrogen (secondary N) is 1. The lowest BCUT2D eigenvalue weighted by atomic mass is 10.0. The summed E-state index contributed by atoms with van der Waals surface area (Å²) in [5, 5.41) is 3.29. The standard InChI is InChI=1S/C14H10BrClN2OS/c15-8-5-6-12(18-14(17)20)10(7-8)13(19)9-3-1-2-4-11(9)16/h1-7H,(H3,17,18,20). The lowest BCUT2D eigenvalue weighted by Gasteiger charge is -2.11. The van der Waals surface area contributed by atoms with Gasteiger partial charge in [-0.25, -0.2) is 0 Å². The molecule has 0 aliphatic carbocycles. The molecule has 20 heavy (non-hydrogen) atoms. The average molecular weight is 370 g/mol. The van der Waals surface area contributed by atoms with Gasteiger partial charge in [-0.1, -0.05) is 39.7 Å². The maximum Gasteiger partial charge on any atom is 0.196 e. The summed E-state index contributed by atoms with van der Waals surface area (Å²) in [5.74, 6) is -0.198. The number of ketones is 1. The first-order valence-electron chi connectivity index (χ1n) is 5.64. The molecule has 2 aromatic carbocycles. The van der Waals surface area contributed by atoms with Crippen LogP contribution in [-0.4, -0.2) is 10.9 Å². The summed E-state index contributed by atoms with van der Waals surface area (Å²) in [6.45, 7) is 0. The third kappa shape index (κ3) is 3.36. The summed E-state index contributed by atoms with van der Waals surface area (Å²) in [4.78, 5) is 12.6. The van der Waals surface area contributed by atoms with Crippen LogP contribution in [0.3, 0.4) is 0 Å². The van der Waals surface area contributed by atoms with Crippen molar-refractivity contribution in [1.82, 2.24) is 0 Å². The van der Waals surface area contributed by atoms with Gasteiger partial charge in [-0.3, -0.25) is 4.79 Å². The van der Waals surface area contributed by atoms with Crippen molar-refractivity contribution in [2.75, 3.05) is 5.32 Å². The molecule has 6 heteroatoms. The SMILES string of the molecule is NC(=S)Nc1ccc(Br)cc1C(=O)c1ccccc1Cl. The second-order valence-electron chi connectivity index (χ2n) is 3.99. The fourth-order valence-electron chi connectivity index (χ4n) is 1.74. The minimum Gasteiger partial charge on any atom is -0.376 e. The zero-order valence-electron chi connectivity index (χ0n) is 10.2. The van der Waals surface area contributed by atoms with Crippen LogP contribution in [0.1, 0.15) is 15.9 Å². The fraction of sp³-hybridized carbons (Fsp3) is 0. The molecule has 0 heterocycles. The Hall–Kier alpha value is -1.43. The summed E-state index contributed by atoms with van der Waals surface area (Å²) in [6, 6.07) is 12.1. The maximum atomic E-state index is 12.6. The van der Waals surface area contributed by atoms with Gasteiger partial charge in [-0.2, -0.15) is 0 Å². The van der Waals surface area contributed by atoms with E-state index in [1.807, 2.05) is 0 Å². The topological polar surface area (TPSA) is 55.1 Å². The van der Waals surface area contributed by atoms with Crippen molar-refractivity contribution in [1.29, 1.82) is 0 Å². The highest BCUT2D eigenvalue weighted by atomic mass is 79.9. The molecule has 0 fully saturated rings. The van der Waals surface area contributed by atoms with Crippen LogP contribution >= 0.6 is 39.7 Å². The molecule has 2 aromatic rings. The predicted molar refractivity (Wildman–Crippen MR) is 89.4 cm³/mol. The van der Waals surface area contributed by atoms with Crippen molar-refractivity contribution < 1.29 is 4.79 Å². The van der Waals surface area contributed by atoms with E-state index in [1.165, 1.54) is 0 Å². The van der Waals surface area contributed by atoms with Gasteiger partial charge in [0.15, 0.2) is 10.9 Å². The maximum absolute atomic E-state index is 12.6. The van der Waals surface area contributed by atoms with Crippen molar-refractivity contribution >= 4 is 56.3 Å². The molecule has 2 rings (SSSR count). The van der Waals surface area contributed by atoms with Gasteiger partial charge in [-0.05, 0) is 42.5 Å². The normalized spacial score (nSPS) is 10.1. The van der Waals surface area contributed by atoms with Gasteiger partial charge in [0.2, 0.25) is 0 Å². The highest BCUT2D eigenvalue weighted by molar-refractivity contribution is 9.10. The summed E-state index contributed by atoms with van der Waals surface area (Å²) in [6.07, 6.45) is 0. The van der Waals surface area contributed by atoms with Crippen LogP contribution in [-0.2, 0) is 0 Å². The first-order valence-corrected chi connectivity index (χ1v) is 7.22. The van der Waals surface area contributed by atoms with E-state index in [4.69, 9.17) is 29.6 Å². The molecular weight excluding hydrogens is 360 g/mol. The van der Waals surface area contributed by atoms with Crippen molar-refractivity contribution in [2.45, 2.75) is 0 Å². The number of nitrogens with two attached hydrogens (primary N) is 1. The van der Waals surface area contributed by atoms with Crippen LogP contribution in [0.2, 0.25) is 5.02 Å². The Morgan fingerprint density at radius 2 is 1.90 bits per heavy atom. The fourth-order valence-corrected chi connectivity index (χ4v) is 2.43. The minimum absolute atomic E-state index is 0.0977. The second kappa shape index (κ2) is 6.35. The first kappa shape index (κ1) is 15.0. The van der Waals surface area contributed by atoms with E-state index in [-0.39, 0.29) is 10.9 Å². The first-order chi connectivity index (χ1) is 9.49. The average Bonchev–Trinajstić information content (AvgIpc) is 2.40. The third-order valence-electron chi connectivity index (χ3n) is 2.60. The molecule has 0 aromatic heterocycles. The van der Waals surface area contributed by atoms with E-state index in [2.05, 4.69) is 21.2 Å². The molecule has 0 radical (unpaired) electrons. The second-order valence-corrected chi connectivity index (χ2v) is 5.75. The zero-order valence-corrected chi connectivity index (χ0v) is 13.3. The highest BCUT2D eigenvalue weighted by Gasteiger charge is 2.17. The number of benzene rings is 2. The van der Waals surface area contributed by atoms with Crippen molar-refractivity contribution in [3.05, 3.63) is 63.1 Å². The van der Waals surface area contributed by atoms with Crippen LogP contribution in [0.25, 0.3) is 0 Å². The molecule has 0 saturated heterocycles. The van der Waals surface area contributed by atoms with E-state index in [0.717, 1.165) is 4.47 Å². The minimum atomic E-state index is -0.198. The number of hydrogen-bond acceptors (Lipinski definition) is 2. The van der Waals surface area contributed by atoms with Crippen molar-refractivity contribution in [3.8, 4) is 0 Å². The van der Waals surface area contributed by atoms with E-state index in [1.54, 1.807) is 42.5 Å². The molecule has 0 amide bonds. The number of thiocarbonyl (C=S) groups is 1. The Balaban J connectivity index is 2.51. The monoisotopic (exact) mass is 368 g/mol. The van der Waals surface area contributed by atoms with Gasteiger partial charge in [-0.15, -0.1) is 0 Å². The van der Waals surface area contributed by atoms with Crippen LogP contribution in [0.4, 0.5) is 5.69 Å². The molecular formula is C14H10BrClN2OS. The molecule has 102 valence electrons. The van der Waals surface area contributed by atoms with Gasteiger partial charge < -0.3 is 11.1 Å². The summed E-state index contributed by atoms with van der Waals surface area (Å²) >= 11 is 14.2. The van der Waals surface area contributed by atoms with Crippen LogP contribution in [0, 0.1) is 0 Å². The smallest absolute Gasteiger partial charge is 0.196 e. The molecule has 3 nitrogen and oxygen atoms in total. The van der Waals surface area contributed by atoms with E-state index < -0.39 is 0 Å². The zero-order chi connectivity index (χ0) is 14.7. The highest BCUT2D eigenvalue weighted by Crippen LogP contribution is 2.26. The Morgan fingerprint density at radius 1 is 1.20 bits per heavy atom. The lowest BCUT2D eigenvalue weighted by molar-refractivity contribution is 0.103. The summed E-state index contributed by atoms with van der Waals surface area (Å²) in [7, 11) is 0. The number of rotatable bonds is 3. The number of anilines is 1. The van der Waals surface area contributed by atoms with E-state index in [0.29, 0.717) is 21.8 Å². The van der Waals surface area contributed by atoms with Gasteiger partial charge in [0.25, 0.3) is 0 Å². The Bertz CT molecular complexity index is 691. The molecule has 0 spiro atoms. The Kier molecular flexibility index (Phi) is 4.75. The molecule has 0 bridgehead atoms. The number of hydrogen-bond donors (Lipinski definition) is 2. The largest absolute Gasteiger partial charge is 0.376 e. The molecule has 0 aliphatic heterocycles. The van der Waals surface area contributed by atoms with Crippen molar-refractivity contribution in [3.63, 3.8) is 0 Å². The third-order valence-corrected chi connectivity index (χ3v) is 3.53. The van der Waals surface area contributed by atoms with Gasteiger partial charge in [0.1, 0.15) is 0 Å². The van der Waals surface area contributed by atoms with Gasteiger partial charge in [0, 0.05) is 15.6 Å². The number of carbonyl (C=O) groups is 1. The van der Waals surface area contributed by atoms with Gasteiger partial charge in [0.05, 0.1) is 10.7 Å². The Morgan fingerprint density at radius 3 is 2.55 bits per heavy atom. The van der Waals surface area contributed by atoms with Gasteiger partial charge >= 0.3 is 0 Å². The number of carbonyl (C=O) groups excluding carboxylic acids is 1. The predicted octanol–water partition coefficient (Wildman–Crippen LogP) is 3.99.